The molecule has 0 spiro atoms. The zero-order valence-corrected chi connectivity index (χ0v) is 11.7. The minimum atomic E-state index is -3.88. The van der Waals surface area contributed by atoms with E-state index in [1.165, 1.54) is 12.4 Å². The lowest BCUT2D eigenvalue weighted by Gasteiger charge is -2.02. The van der Waals surface area contributed by atoms with Crippen molar-refractivity contribution in [3.05, 3.63) is 34.5 Å². The lowest BCUT2D eigenvalue weighted by Crippen LogP contribution is -2.22. The third kappa shape index (κ3) is 3.03. The van der Waals surface area contributed by atoms with Crippen molar-refractivity contribution in [2.75, 3.05) is 0 Å². The van der Waals surface area contributed by atoms with Crippen molar-refractivity contribution in [1.29, 1.82) is 0 Å². The van der Waals surface area contributed by atoms with Crippen molar-refractivity contribution in [1.82, 2.24) is 14.9 Å². The van der Waals surface area contributed by atoms with Crippen molar-refractivity contribution >= 4 is 31.9 Å². The van der Waals surface area contributed by atoms with Gasteiger partial charge in [-0.2, -0.15) is 5.10 Å². The molecule has 19 heavy (non-hydrogen) atoms. The van der Waals surface area contributed by atoms with E-state index in [1.807, 2.05) is 0 Å². The molecular formula is C9H8BrN3O5S. The van der Waals surface area contributed by atoms with E-state index >= 15 is 0 Å². The Bertz CT molecular complexity index is 692. The number of aromatic carboxylic acids is 1. The Morgan fingerprint density at radius 1 is 1.58 bits per heavy atom. The summed E-state index contributed by atoms with van der Waals surface area (Å²) in [7, 11) is -3.88. The zero-order chi connectivity index (χ0) is 14.0. The highest BCUT2D eigenvalue weighted by molar-refractivity contribution is 9.10. The number of halogens is 1. The van der Waals surface area contributed by atoms with E-state index in [-0.39, 0.29) is 16.1 Å². The largest absolute Gasteiger partial charge is 0.475 e. The van der Waals surface area contributed by atoms with E-state index in [2.05, 4.69) is 30.8 Å². The Balaban J connectivity index is 2.22. The van der Waals surface area contributed by atoms with Crippen LogP contribution in [-0.4, -0.2) is 29.7 Å². The van der Waals surface area contributed by atoms with Gasteiger partial charge in [0.05, 0.1) is 6.20 Å². The number of carboxylic acid groups (broad SMARTS) is 1. The van der Waals surface area contributed by atoms with Crippen LogP contribution in [0.4, 0.5) is 0 Å². The molecule has 8 nitrogen and oxygen atoms in total. The predicted molar refractivity (Wildman–Crippen MR) is 66.0 cm³/mol. The van der Waals surface area contributed by atoms with Gasteiger partial charge in [-0.05, 0) is 15.9 Å². The highest BCUT2D eigenvalue weighted by Gasteiger charge is 2.24. The number of carboxylic acids is 1. The molecule has 0 aromatic carbocycles. The number of nitrogens with zero attached hydrogens (tertiary/aromatic N) is 1. The van der Waals surface area contributed by atoms with Crippen LogP contribution in [0, 0.1) is 0 Å². The number of aromatic amines is 1. The van der Waals surface area contributed by atoms with Gasteiger partial charge in [-0.15, -0.1) is 0 Å². The summed E-state index contributed by atoms with van der Waals surface area (Å²) in [6, 6.07) is 0.935. The fourth-order valence-electron chi connectivity index (χ4n) is 1.27. The molecule has 0 bridgehead atoms. The Morgan fingerprint density at radius 3 is 2.84 bits per heavy atom. The molecule has 2 rings (SSSR count). The standard InChI is InChI=1S/C9H8BrN3O5S/c10-8-7(1-6(18-8)9(14)15)19(16,17)13-4-5-2-11-12-3-5/h1-3,13H,4H2,(H,11,12)(H,14,15). The van der Waals surface area contributed by atoms with Crippen LogP contribution in [0.2, 0.25) is 0 Å². The first-order chi connectivity index (χ1) is 8.90. The molecule has 0 saturated heterocycles. The molecule has 0 unspecified atom stereocenters. The SMILES string of the molecule is O=C(O)c1cc(S(=O)(=O)NCc2cn[nH]c2)c(Br)o1. The Labute approximate surface area is 116 Å². The smallest absolute Gasteiger partial charge is 0.371 e. The molecule has 2 aromatic heterocycles. The molecule has 0 aliphatic rings. The zero-order valence-electron chi connectivity index (χ0n) is 9.25. The second kappa shape index (κ2) is 5.15. The minimum absolute atomic E-state index is 0.0266. The van der Waals surface area contributed by atoms with Crippen LogP contribution in [0.25, 0.3) is 0 Å². The minimum Gasteiger partial charge on any atom is -0.475 e. The quantitative estimate of drug-likeness (QED) is 0.737. The third-order valence-corrected chi connectivity index (χ3v) is 4.44. The van der Waals surface area contributed by atoms with Crippen LogP contribution in [0.5, 0.6) is 0 Å². The van der Waals surface area contributed by atoms with Gasteiger partial charge in [0.15, 0.2) is 4.67 Å². The first-order valence-corrected chi connectivity index (χ1v) is 7.17. The first-order valence-electron chi connectivity index (χ1n) is 4.90. The maximum absolute atomic E-state index is 12.0. The average molecular weight is 350 g/mol. The molecule has 102 valence electrons. The van der Waals surface area contributed by atoms with Gasteiger partial charge in [0, 0.05) is 24.4 Å². The Kier molecular flexibility index (Phi) is 3.73. The van der Waals surface area contributed by atoms with E-state index in [9.17, 15) is 13.2 Å². The van der Waals surface area contributed by atoms with Gasteiger partial charge in [-0.25, -0.2) is 17.9 Å². The normalized spacial score (nSPS) is 11.6. The number of sulfonamides is 1. The number of furan rings is 1. The number of nitrogens with one attached hydrogen (secondary N) is 2. The van der Waals surface area contributed by atoms with Gasteiger partial charge < -0.3 is 9.52 Å². The molecule has 0 aliphatic heterocycles. The van der Waals surface area contributed by atoms with Crippen molar-refractivity contribution in [3.8, 4) is 0 Å². The van der Waals surface area contributed by atoms with Crippen LogP contribution >= 0.6 is 15.9 Å². The van der Waals surface area contributed by atoms with Crippen molar-refractivity contribution in [2.24, 2.45) is 0 Å². The summed E-state index contributed by atoms with van der Waals surface area (Å²) in [5.41, 5.74) is 0.640. The van der Waals surface area contributed by atoms with Crippen LogP contribution < -0.4 is 4.72 Å². The fraction of sp³-hybridized carbons (Fsp3) is 0.111. The van der Waals surface area contributed by atoms with Crippen LogP contribution in [-0.2, 0) is 16.6 Å². The van der Waals surface area contributed by atoms with E-state index in [0.717, 1.165) is 6.07 Å². The van der Waals surface area contributed by atoms with Crippen LogP contribution in [0.1, 0.15) is 16.1 Å². The summed E-state index contributed by atoms with van der Waals surface area (Å²) in [6.45, 7) is 0.0266. The molecule has 3 N–H and O–H groups in total. The average Bonchev–Trinajstić information content (AvgIpc) is 2.95. The molecule has 0 saturated carbocycles. The first kappa shape index (κ1) is 13.8. The van der Waals surface area contributed by atoms with Gasteiger partial charge in [-0.1, -0.05) is 0 Å². The second-order valence-corrected chi connectivity index (χ2v) is 5.94. The lowest BCUT2D eigenvalue weighted by molar-refractivity contribution is 0.0661. The van der Waals surface area contributed by atoms with Gasteiger partial charge >= 0.3 is 5.97 Å². The predicted octanol–water partition coefficient (Wildman–Crippen LogP) is 0.942. The monoisotopic (exact) mass is 349 g/mol. The second-order valence-electron chi connectivity index (χ2n) is 3.48. The molecule has 2 heterocycles. The number of aromatic nitrogens is 2. The van der Waals surface area contributed by atoms with Crippen LogP contribution in [0.15, 0.2) is 32.4 Å². The maximum atomic E-state index is 12.0. The molecule has 10 heteroatoms. The molecule has 0 atom stereocenters. The summed E-state index contributed by atoms with van der Waals surface area (Å²) in [6.07, 6.45) is 3.01. The summed E-state index contributed by atoms with van der Waals surface area (Å²) < 4.78 is 30.8. The van der Waals surface area contributed by atoms with Gasteiger partial charge in [0.25, 0.3) is 0 Å². The number of hydrogen-bond acceptors (Lipinski definition) is 5. The maximum Gasteiger partial charge on any atom is 0.371 e. The Morgan fingerprint density at radius 2 is 2.32 bits per heavy atom. The van der Waals surface area contributed by atoms with Crippen molar-refractivity contribution in [3.63, 3.8) is 0 Å². The van der Waals surface area contributed by atoms with E-state index in [0.29, 0.717) is 5.56 Å². The summed E-state index contributed by atoms with van der Waals surface area (Å²) >= 11 is 2.87. The lowest BCUT2D eigenvalue weighted by atomic mass is 10.4. The van der Waals surface area contributed by atoms with Crippen molar-refractivity contribution < 1.29 is 22.7 Å². The van der Waals surface area contributed by atoms with Crippen molar-refractivity contribution in [2.45, 2.75) is 11.4 Å². The third-order valence-electron chi connectivity index (χ3n) is 2.18. The Hall–Kier alpha value is -1.65. The molecular weight excluding hydrogens is 342 g/mol. The number of hydrogen-bond donors (Lipinski definition) is 3. The fourth-order valence-corrected chi connectivity index (χ4v) is 3.23. The molecule has 0 radical (unpaired) electrons. The number of carbonyl (C=O) groups is 1. The van der Waals surface area contributed by atoms with Gasteiger partial charge in [0.1, 0.15) is 4.90 Å². The van der Waals surface area contributed by atoms with Gasteiger partial charge in [0.2, 0.25) is 15.8 Å². The topological polar surface area (TPSA) is 125 Å². The van der Waals surface area contributed by atoms with Gasteiger partial charge in [-0.3, -0.25) is 5.10 Å². The highest BCUT2D eigenvalue weighted by Crippen LogP contribution is 2.26. The molecule has 2 aromatic rings. The van der Waals surface area contributed by atoms with E-state index in [1.54, 1.807) is 0 Å². The number of H-pyrrole nitrogens is 1. The summed E-state index contributed by atoms with van der Waals surface area (Å²) in [4.78, 5) is 10.4. The number of rotatable bonds is 5. The summed E-state index contributed by atoms with van der Waals surface area (Å²) in [5.74, 6) is -1.81. The van der Waals surface area contributed by atoms with E-state index in [4.69, 9.17) is 9.52 Å². The van der Waals surface area contributed by atoms with E-state index < -0.39 is 21.8 Å². The molecule has 0 aliphatic carbocycles. The summed E-state index contributed by atoms with van der Waals surface area (Å²) in [5, 5.41) is 14.9. The van der Waals surface area contributed by atoms with Crippen LogP contribution in [0.3, 0.4) is 0 Å². The molecule has 0 fully saturated rings. The molecule has 0 amide bonds. The highest BCUT2D eigenvalue weighted by atomic mass is 79.9.